The van der Waals surface area contributed by atoms with Gasteiger partial charge in [0.15, 0.2) is 0 Å². The first-order valence-corrected chi connectivity index (χ1v) is 12.8. The van der Waals surface area contributed by atoms with Gasteiger partial charge in [-0.3, -0.25) is 4.79 Å². The van der Waals surface area contributed by atoms with Gasteiger partial charge in [-0.1, -0.05) is 18.6 Å². The van der Waals surface area contributed by atoms with Crippen LogP contribution in [0.15, 0.2) is 24.3 Å². The second-order valence-electron chi connectivity index (χ2n) is 10.9. The van der Waals surface area contributed by atoms with Crippen LogP contribution in [-0.4, -0.2) is 59.5 Å². The molecule has 1 unspecified atom stereocenters. The maximum absolute atomic E-state index is 12.9. The minimum absolute atomic E-state index is 0.00843. The van der Waals surface area contributed by atoms with Gasteiger partial charge in [0.05, 0.1) is 5.56 Å². The molecule has 0 bridgehead atoms. The molecule has 2 fully saturated rings. The van der Waals surface area contributed by atoms with E-state index in [2.05, 4.69) is 4.90 Å². The molecule has 0 aromatic heterocycles. The number of aryl methyl sites for hydroxylation is 1. The van der Waals surface area contributed by atoms with Crippen molar-refractivity contribution < 1.29 is 27.5 Å². The Kier molecular flexibility index (Phi) is 9.24. The summed E-state index contributed by atoms with van der Waals surface area (Å²) in [7, 11) is 0. The van der Waals surface area contributed by atoms with E-state index in [-0.39, 0.29) is 17.8 Å². The molecule has 0 spiro atoms. The monoisotopic (exact) mass is 496 g/mol. The first-order valence-electron chi connectivity index (χ1n) is 12.8. The van der Waals surface area contributed by atoms with Crippen molar-refractivity contribution in [3.05, 3.63) is 35.4 Å². The number of benzene rings is 1. The van der Waals surface area contributed by atoms with Crippen LogP contribution < -0.4 is 0 Å². The van der Waals surface area contributed by atoms with Crippen LogP contribution >= 0.6 is 0 Å². The van der Waals surface area contributed by atoms with Crippen molar-refractivity contribution >= 4 is 11.9 Å². The van der Waals surface area contributed by atoms with Gasteiger partial charge < -0.3 is 14.5 Å². The highest BCUT2D eigenvalue weighted by Crippen LogP contribution is 2.30. The number of ether oxygens (including phenoxy) is 1. The van der Waals surface area contributed by atoms with Gasteiger partial charge in [0.25, 0.3) is 0 Å². The maximum atomic E-state index is 12.9. The number of hydrogen-bond donors (Lipinski definition) is 0. The highest BCUT2D eigenvalue weighted by atomic mass is 19.4. The number of Topliss-reactive ketones (excluding diaryl/α,β-unsaturated/α-hetero) is 1. The minimum Gasteiger partial charge on any atom is -0.444 e. The SMILES string of the molecule is CC(C)(C)OC(=O)N1CCC(N2CCCCC(C(=O)CCc3ccc(C(F)(F)F)cc3)CC2)CC1. The molecule has 0 N–H and O–H groups in total. The number of likely N-dealkylation sites (tertiary alicyclic amines) is 2. The number of halogens is 3. The Bertz CT molecular complexity index is 841. The summed E-state index contributed by atoms with van der Waals surface area (Å²) in [5.41, 5.74) is -0.398. The zero-order valence-corrected chi connectivity index (χ0v) is 21.2. The van der Waals surface area contributed by atoms with Crippen LogP contribution in [0.3, 0.4) is 0 Å². The van der Waals surface area contributed by atoms with Crippen LogP contribution in [0.1, 0.15) is 76.8 Å². The van der Waals surface area contributed by atoms with Gasteiger partial charge in [-0.25, -0.2) is 4.79 Å². The van der Waals surface area contributed by atoms with E-state index in [1.807, 2.05) is 20.8 Å². The Morgan fingerprint density at radius 3 is 2.17 bits per heavy atom. The molecular weight excluding hydrogens is 457 g/mol. The molecule has 1 atom stereocenters. The molecule has 1 aromatic carbocycles. The highest BCUT2D eigenvalue weighted by molar-refractivity contribution is 5.81. The smallest absolute Gasteiger partial charge is 0.416 e. The first-order chi connectivity index (χ1) is 16.4. The van der Waals surface area contributed by atoms with E-state index in [0.29, 0.717) is 32.0 Å². The highest BCUT2D eigenvalue weighted by Gasteiger charge is 2.32. The third-order valence-electron chi connectivity index (χ3n) is 7.04. The van der Waals surface area contributed by atoms with E-state index in [0.717, 1.165) is 69.3 Å². The first kappa shape index (κ1) is 27.5. The van der Waals surface area contributed by atoms with E-state index in [1.54, 1.807) is 4.90 Å². The fraction of sp³-hybridized carbons (Fsp3) is 0.704. The average molecular weight is 497 g/mol. The van der Waals surface area contributed by atoms with E-state index < -0.39 is 17.3 Å². The summed E-state index contributed by atoms with van der Waals surface area (Å²) in [5, 5.41) is 0. The normalized spacial score (nSPS) is 21.3. The fourth-order valence-corrected chi connectivity index (χ4v) is 5.04. The fourth-order valence-electron chi connectivity index (χ4n) is 5.04. The number of hydrogen-bond acceptors (Lipinski definition) is 4. The number of rotatable bonds is 5. The van der Waals surface area contributed by atoms with Gasteiger partial charge in [-0.2, -0.15) is 13.2 Å². The Morgan fingerprint density at radius 1 is 0.914 bits per heavy atom. The summed E-state index contributed by atoms with van der Waals surface area (Å²) in [4.78, 5) is 29.5. The standard InChI is InChI=1S/C27H39F3N2O3/c1-26(2,3)35-25(34)32-18-14-23(15-19-32)31-16-5-4-6-21(13-17-31)24(33)12-9-20-7-10-22(11-8-20)27(28,29)30/h7-8,10-11,21,23H,4-6,9,12-19H2,1-3H3. The lowest BCUT2D eigenvalue weighted by molar-refractivity contribution is -0.137. The Labute approximate surface area is 207 Å². The second-order valence-corrected chi connectivity index (χ2v) is 10.9. The van der Waals surface area contributed by atoms with Crippen LogP contribution in [-0.2, 0) is 22.1 Å². The molecule has 1 aromatic rings. The Balaban J connectivity index is 1.45. The second kappa shape index (κ2) is 11.8. The molecule has 3 rings (SSSR count). The van der Waals surface area contributed by atoms with Crippen molar-refractivity contribution in [3.63, 3.8) is 0 Å². The largest absolute Gasteiger partial charge is 0.444 e. The van der Waals surface area contributed by atoms with Crippen LogP contribution in [0.25, 0.3) is 0 Å². The predicted molar refractivity (Wildman–Crippen MR) is 129 cm³/mol. The summed E-state index contributed by atoms with van der Waals surface area (Å²) >= 11 is 0. The Morgan fingerprint density at radius 2 is 1.57 bits per heavy atom. The summed E-state index contributed by atoms with van der Waals surface area (Å²) in [6, 6.07) is 5.53. The Hall–Kier alpha value is -2.09. The van der Waals surface area contributed by atoms with Crippen LogP contribution in [0.2, 0.25) is 0 Å². The molecule has 5 nitrogen and oxygen atoms in total. The molecule has 2 heterocycles. The van der Waals surface area contributed by atoms with Crippen molar-refractivity contribution in [1.29, 1.82) is 0 Å². The molecular formula is C27H39F3N2O3. The number of amides is 1. The third-order valence-corrected chi connectivity index (χ3v) is 7.04. The van der Waals surface area contributed by atoms with Gasteiger partial charge in [-0.15, -0.1) is 0 Å². The molecule has 2 aliphatic rings. The quantitative estimate of drug-likeness (QED) is 0.494. The van der Waals surface area contributed by atoms with E-state index in [9.17, 15) is 22.8 Å². The van der Waals surface area contributed by atoms with Gasteiger partial charge >= 0.3 is 12.3 Å². The van der Waals surface area contributed by atoms with E-state index >= 15 is 0 Å². The molecule has 8 heteroatoms. The zero-order valence-electron chi connectivity index (χ0n) is 21.2. The minimum atomic E-state index is -4.34. The molecule has 1 amide bonds. The van der Waals surface area contributed by atoms with Crippen molar-refractivity contribution in [2.45, 2.75) is 90.0 Å². The summed E-state index contributed by atoms with van der Waals surface area (Å²) < 4.78 is 43.7. The summed E-state index contributed by atoms with van der Waals surface area (Å²) in [5.74, 6) is 0.223. The lowest BCUT2D eigenvalue weighted by Gasteiger charge is -2.40. The number of carbonyl (C=O) groups excluding carboxylic acids is 2. The van der Waals surface area contributed by atoms with Gasteiger partial charge in [0.2, 0.25) is 0 Å². The van der Waals surface area contributed by atoms with Crippen molar-refractivity contribution in [2.75, 3.05) is 26.2 Å². The molecule has 35 heavy (non-hydrogen) atoms. The zero-order chi connectivity index (χ0) is 25.6. The van der Waals surface area contributed by atoms with Gasteiger partial charge in [0, 0.05) is 31.5 Å². The predicted octanol–water partition coefficient (Wildman–Crippen LogP) is 6.10. The number of alkyl halides is 3. The molecule has 0 radical (unpaired) electrons. The average Bonchev–Trinajstić information content (AvgIpc) is 2.76. The van der Waals surface area contributed by atoms with Crippen molar-refractivity contribution in [2.24, 2.45) is 5.92 Å². The third kappa shape index (κ3) is 8.51. The van der Waals surface area contributed by atoms with Crippen LogP contribution in [0.5, 0.6) is 0 Å². The summed E-state index contributed by atoms with van der Waals surface area (Å²) in [6.07, 6.45) is 1.82. The van der Waals surface area contributed by atoms with Gasteiger partial charge in [-0.05, 0) is 90.1 Å². The number of carbonyl (C=O) groups is 2. The maximum Gasteiger partial charge on any atom is 0.416 e. The lowest BCUT2D eigenvalue weighted by Crippen LogP contribution is -2.49. The number of piperidine rings is 1. The van der Waals surface area contributed by atoms with Crippen LogP contribution in [0, 0.1) is 5.92 Å². The topological polar surface area (TPSA) is 49.9 Å². The summed E-state index contributed by atoms with van der Waals surface area (Å²) in [6.45, 7) is 8.88. The number of nitrogens with zero attached hydrogens (tertiary/aromatic N) is 2. The van der Waals surface area contributed by atoms with E-state index in [1.165, 1.54) is 12.1 Å². The lowest BCUT2D eigenvalue weighted by atomic mass is 9.88. The molecule has 2 aliphatic heterocycles. The number of ketones is 1. The van der Waals surface area contributed by atoms with Gasteiger partial charge in [0.1, 0.15) is 11.4 Å². The van der Waals surface area contributed by atoms with Crippen molar-refractivity contribution in [1.82, 2.24) is 9.80 Å². The van der Waals surface area contributed by atoms with E-state index in [4.69, 9.17) is 4.74 Å². The van der Waals surface area contributed by atoms with Crippen molar-refractivity contribution in [3.8, 4) is 0 Å². The molecule has 0 aliphatic carbocycles. The molecule has 0 saturated carbocycles. The molecule has 2 saturated heterocycles. The molecule has 196 valence electrons. The van der Waals surface area contributed by atoms with Crippen LogP contribution in [0.4, 0.5) is 18.0 Å².